The van der Waals surface area contributed by atoms with Crippen molar-refractivity contribution in [2.45, 2.75) is 25.7 Å². The van der Waals surface area contributed by atoms with E-state index >= 15 is 0 Å². The van der Waals surface area contributed by atoms with E-state index in [9.17, 15) is 5.11 Å². The van der Waals surface area contributed by atoms with Crippen molar-refractivity contribution in [3.63, 3.8) is 0 Å². The van der Waals surface area contributed by atoms with Crippen LogP contribution in [0, 0.1) is 5.92 Å². The van der Waals surface area contributed by atoms with E-state index in [0.717, 1.165) is 6.42 Å². The molecule has 5 N–H and O–H groups in total. The van der Waals surface area contributed by atoms with Crippen molar-refractivity contribution < 1.29 is 9.84 Å². The molecule has 1 aliphatic heterocycles. The number of fused-ring (bicyclic) bond motifs is 1. The van der Waals surface area contributed by atoms with Gasteiger partial charge in [0.1, 0.15) is 12.6 Å². The Hall–Kier alpha value is -1.93. The Balaban J connectivity index is 2.10. The highest BCUT2D eigenvalue weighted by Gasteiger charge is 2.35. The molecule has 8 nitrogen and oxygen atoms in total. The van der Waals surface area contributed by atoms with Crippen LogP contribution in [-0.4, -0.2) is 37.3 Å². The van der Waals surface area contributed by atoms with Crippen molar-refractivity contribution >= 4 is 22.9 Å². The van der Waals surface area contributed by atoms with E-state index in [0.29, 0.717) is 17.0 Å². The fourth-order valence-corrected chi connectivity index (χ4v) is 2.54. The summed E-state index contributed by atoms with van der Waals surface area (Å²) in [5.74, 6) is 0.783. The molecule has 0 aliphatic carbocycles. The molecule has 0 spiro atoms. The first-order valence-electron chi connectivity index (χ1n) is 6.12. The van der Waals surface area contributed by atoms with Crippen LogP contribution >= 0.6 is 0 Å². The maximum atomic E-state index is 9.20. The van der Waals surface area contributed by atoms with Crippen LogP contribution in [0.4, 0.5) is 11.8 Å². The van der Waals surface area contributed by atoms with Crippen molar-refractivity contribution in [3.05, 3.63) is 6.33 Å². The summed E-state index contributed by atoms with van der Waals surface area (Å²) in [6.07, 6.45) is 1.66. The quantitative estimate of drug-likeness (QED) is 0.691. The van der Waals surface area contributed by atoms with Crippen LogP contribution in [0.15, 0.2) is 6.33 Å². The molecule has 0 radical (unpaired) electrons. The minimum Gasteiger partial charge on any atom is -0.394 e. The number of anilines is 2. The molecule has 1 saturated heterocycles. The van der Waals surface area contributed by atoms with Crippen molar-refractivity contribution in [3.8, 4) is 0 Å². The van der Waals surface area contributed by atoms with Gasteiger partial charge in [0.25, 0.3) is 0 Å². The molecule has 0 saturated carbocycles. The van der Waals surface area contributed by atoms with E-state index in [1.165, 1.54) is 6.33 Å². The molecule has 1 fully saturated rings. The predicted molar refractivity (Wildman–Crippen MR) is 68.9 cm³/mol. The number of nitrogens with two attached hydrogens (primary N) is 2. The van der Waals surface area contributed by atoms with Crippen LogP contribution in [0.3, 0.4) is 0 Å². The maximum absolute atomic E-state index is 9.20. The first-order chi connectivity index (χ1) is 9.11. The number of hydrogen-bond donors (Lipinski definition) is 3. The number of aliphatic hydroxyl groups is 1. The molecule has 1 aliphatic rings. The third kappa shape index (κ3) is 1.80. The average Bonchev–Trinajstić information content (AvgIpc) is 2.90. The van der Waals surface area contributed by atoms with E-state index in [2.05, 4.69) is 15.0 Å². The summed E-state index contributed by atoms with van der Waals surface area (Å²) in [5, 5.41) is 9.20. The second kappa shape index (κ2) is 4.32. The smallest absolute Gasteiger partial charge is 0.204 e. The van der Waals surface area contributed by atoms with Crippen molar-refractivity contribution in [2.75, 3.05) is 18.1 Å². The molecule has 0 bridgehead atoms. The third-order valence-electron chi connectivity index (χ3n) is 3.44. The Labute approximate surface area is 109 Å². The van der Waals surface area contributed by atoms with Gasteiger partial charge in [0.05, 0.1) is 12.7 Å². The molecule has 2 aromatic heterocycles. The first kappa shape index (κ1) is 12.1. The zero-order valence-corrected chi connectivity index (χ0v) is 10.5. The van der Waals surface area contributed by atoms with Crippen LogP contribution in [0.1, 0.15) is 19.6 Å². The Kier molecular flexibility index (Phi) is 2.76. The van der Waals surface area contributed by atoms with Gasteiger partial charge in [0.2, 0.25) is 5.95 Å². The highest BCUT2D eigenvalue weighted by Crippen LogP contribution is 2.37. The van der Waals surface area contributed by atoms with E-state index in [4.69, 9.17) is 16.2 Å². The monoisotopic (exact) mass is 264 g/mol. The second-order valence-corrected chi connectivity index (χ2v) is 4.82. The lowest BCUT2D eigenvalue weighted by atomic mass is 10.1. The van der Waals surface area contributed by atoms with E-state index in [1.54, 1.807) is 4.57 Å². The van der Waals surface area contributed by atoms with Gasteiger partial charge < -0.3 is 21.3 Å². The number of aliphatic hydroxyl groups excluding tert-OH is 1. The fourth-order valence-electron chi connectivity index (χ4n) is 2.54. The summed E-state index contributed by atoms with van der Waals surface area (Å²) in [6, 6.07) is 0. The topological polar surface area (TPSA) is 125 Å². The lowest BCUT2D eigenvalue weighted by Crippen LogP contribution is -2.18. The van der Waals surface area contributed by atoms with Gasteiger partial charge in [-0.25, -0.2) is 15.0 Å². The molecular formula is C11H16N6O2. The normalized spacial score (nSPS) is 27.2. The van der Waals surface area contributed by atoms with Gasteiger partial charge in [-0.05, 0) is 6.42 Å². The lowest BCUT2D eigenvalue weighted by Gasteiger charge is -2.18. The molecule has 3 heterocycles. The number of aromatic nitrogens is 4. The van der Waals surface area contributed by atoms with Gasteiger partial charge in [-0.15, -0.1) is 0 Å². The highest BCUT2D eigenvalue weighted by molar-refractivity contribution is 5.83. The molecule has 19 heavy (non-hydrogen) atoms. The minimum atomic E-state index is -0.295. The predicted octanol–water partition coefficient (Wildman–Crippen LogP) is -0.0934. The van der Waals surface area contributed by atoms with E-state index in [-0.39, 0.29) is 30.8 Å². The molecule has 3 atom stereocenters. The largest absolute Gasteiger partial charge is 0.394 e. The number of hydrogen-bond acceptors (Lipinski definition) is 7. The summed E-state index contributed by atoms with van der Waals surface area (Å²) >= 11 is 0. The molecule has 0 aromatic carbocycles. The van der Waals surface area contributed by atoms with Crippen LogP contribution in [0.2, 0.25) is 0 Å². The lowest BCUT2D eigenvalue weighted by molar-refractivity contribution is -0.0283. The minimum absolute atomic E-state index is 0.00943. The number of imidazole rings is 1. The SMILES string of the molecule is C[C@H]1C[C@@H](CO)O[C@H]1n1c(N)nc2c(N)ncnc21. The fraction of sp³-hybridized carbons (Fsp3) is 0.545. The molecule has 2 aromatic rings. The van der Waals surface area contributed by atoms with E-state index in [1.807, 2.05) is 6.92 Å². The Morgan fingerprint density at radius 1 is 1.47 bits per heavy atom. The van der Waals surface area contributed by atoms with E-state index < -0.39 is 0 Å². The van der Waals surface area contributed by atoms with Gasteiger partial charge in [-0.3, -0.25) is 4.57 Å². The van der Waals surface area contributed by atoms with Gasteiger partial charge in [-0.2, -0.15) is 0 Å². The standard InChI is InChI=1S/C11H16N6O2/c1-5-2-6(3-18)19-10(5)17-9-7(16-11(17)13)8(12)14-4-15-9/h4-6,10,18H,2-3H2,1H3,(H2,13,16)(H2,12,14,15)/t5-,6-,10+/m0/s1. The second-order valence-electron chi connectivity index (χ2n) is 4.82. The Bertz CT molecular complexity index is 612. The number of ether oxygens (including phenoxy) is 1. The van der Waals surface area contributed by atoms with Gasteiger partial charge in [0, 0.05) is 5.92 Å². The Morgan fingerprint density at radius 2 is 2.26 bits per heavy atom. The Morgan fingerprint density at radius 3 is 2.95 bits per heavy atom. The summed E-state index contributed by atoms with van der Waals surface area (Å²) in [7, 11) is 0. The number of nitrogens with zero attached hydrogens (tertiary/aromatic N) is 4. The molecule has 3 rings (SSSR count). The van der Waals surface area contributed by atoms with Crippen LogP contribution < -0.4 is 11.5 Å². The maximum Gasteiger partial charge on any atom is 0.204 e. The zero-order valence-electron chi connectivity index (χ0n) is 10.5. The zero-order chi connectivity index (χ0) is 13.6. The van der Waals surface area contributed by atoms with Crippen molar-refractivity contribution in [2.24, 2.45) is 5.92 Å². The third-order valence-corrected chi connectivity index (χ3v) is 3.44. The van der Waals surface area contributed by atoms with Crippen LogP contribution in [-0.2, 0) is 4.74 Å². The van der Waals surface area contributed by atoms with Crippen LogP contribution in [0.25, 0.3) is 11.2 Å². The highest BCUT2D eigenvalue weighted by atomic mass is 16.5. The number of nitrogen functional groups attached to an aromatic ring is 2. The first-order valence-corrected chi connectivity index (χ1v) is 6.12. The van der Waals surface area contributed by atoms with Crippen LogP contribution in [0.5, 0.6) is 0 Å². The van der Waals surface area contributed by atoms with Gasteiger partial charge >= 0.3 is 0 Å². The summed E-state index contributed by atoms with van der Waals surface area (Å²) in [5.41, 5.74) is 12.7. The molecule has 8 heteroatoms. The molecule has 102 valence electrons. The average molecular weight is 264 g/mol. The molecule has 0 amide bonds. The van der Waals surface area contributed by atoms with Gasteiger partial charge in [0.15, 0.2) is 17.0 Å². The molecule has 0 unspecified atom stereocenters. The molecular weight excluding hydrogens is 248 g/mol. The summed E-state index contributed by atoms with van der Waals surface area (Å²) in [4.78, 5) is 12.3. The van der Waals surface area contributed by atoms with Gasteiger partial charge in [-0.1, -0.05) is 6.92 Å². The van der Waals surface area contributed by atoms with Crippen molar-refractivity contribution in [1.29, 1.82) is 0 Å². The summed E-state index contributed by atoms with van der Waals surface area (Å²) in [6.45, 7) is 2.03. The van der Waals surface area contributed by atoms with Crippen molar-refractivity contribution in [1.82, 2.24) is 19.5 Å². The summed E-state index contributed by atoms with van der Waals surface area (Å²) < 4.78 is 7.50. The number of rotatable bonds is 2.